The molecular formula is C20H22N2O3S. The third-order valence-electron chi connectivity index (χ3n) is 5.00. The average Bonchev–Trinajstić information content (AvgIpc) is 3.17. The third kappa shape index (κ3) is 2.69. The Labute approximate surface area is 157 Å². The van der Waals surface area contributed by atoms with Crippen molar-refractivity contribution in [3.05, 3.63) is 51.7 Å². The zero-order valence-electron chi connectivity index (χ0n) is 15.0. The second-order valence-corrected chi connectivity index (χ2v) is 8.11. The molecular weight excluding hydrogens is 348 g/mol. The number of aryl methyl sites for hydroxylation is 1. The Morgan fingerprint density at radius 2 is 2.08 bits per heavy atom. The summed E-state index contributed by atoms with van der Waals surface area (Å²) < 4.78 is 5.84. The van der Waals surface area contributed by atoms with Gasteiger partial charge in [0.05, 0.1) is 12.6 Å². The number of carbonyl (C=O) groups is 2. The highest BCUT2D eigenvalue weighted by molar-refractivity contribution is 7.10. The van der Waals surface area contributed by atoms with Crippen LogP contribution in [-0.4, -0.2) is 22.9 Å². The van der Waals surface area contributed by atoms with Crippen LogP contribution in [0.4, 0.5) is 4.79 Å². The second-order valence-electron chi connectivity index (χ2n) is 7.11. The lowest BCUT2D eigenvalue weighted by Crippen LogP contribution is -2.46. The van der Waals surface area contributed by atoms with E-state index in [1.807, 2.05) is 49.6 Å². The average molecular weight is 370 g/mol. The van der Waals surface area contributed by atoms with Gasteiger partial charge in [-0.2, -0.15) is 0 Å². The number of benzene rings is 1. The second kappa shape index (κ2) is 6.43. The van der Waals surface area contributed by atoms with Gasteiger partial charge in [-0.3, -0.25) is 9.69 Å². The number of nitrogens with one attached hydrogen (secondary N) is 1. The summed E-state index contributed by atoms with van der Waals surface area (Å²) >= 11 is 1.66. The molecule has 2 aliphatic rings. The van der Waals surface area contributed by atoms with Crippen molar-refractivity contribution in [2.75, 3.05) is 0 Å². The fraction of sp³-hybridized carbons (Fsp3) is 0.400. The summed E-state index contributed by atoms with van der Waals surface area (Å²) in [5.41, 5.74) is 0.919. The largest absolute Gasteiger partial charge is 0.491 e. The van der Waals surface area contributed by atoms with Gasteiger partial charge in [-0.25, -0.2) is 4.79 Å². The van der Waals surface area contributed by atoms with Gasteiger partial charge < -0.3 is 10.1 Å². The van der Waals surface area contributed by atoms with Gasteiger partial charge in [-0.05, 0) is 50.6 Å². The number of carbonyl (C=O) groups excluding carboxylic acids is 2. The monoisotopic (exact) mass is 370 g/mol. The SMILES string of the molecule is CC(C)Oc1ccccc1CN1C(=O)N[C@]2(CCCc3sccc32)C1=O. The number of hydrogen-bond donors (Lipinski definition) is 1. The minimum atomic E-state index is -0.890. The number of hydrogen-bond acceptors (Lipinski definition) is 4. The highest BCUT2D eigenvalue weighted by Gasteiger charge is 2.54. The first-order valence-corrected chi connectivity index (χ1v) is 9.85. The lowest BCUT2D eigenvalue weighted by molar-refractivity contribution is -0.132. The van der Waals surface area contributed by atoms with E-state index in [-0.39, 0.29) is 24.6 Å². The van der Waals surface area contributed by atoms with Crippen molar-refractivity contribution in [1.29, 1.82) is 0 Å². The number of urea groups is 1. The molecule has 0 unspecified atom stereocenters. The molecule has 1 spiro atoms. The molecule has 1 saturated heterocycles. The van der Waals surface area contributed by atoms with Crippen LogP contribution in [0.25, 0.3) is 0 Å². The van der Waals surface area contributed by atoms with E-state index in [0.29, 0.717) is 12.2 Å². The van der Waals surface area contributed by atoms with Crippen molar-refractivity contribution in [1.82, 2.24) is 10.2 Å². The van der Waals surface area contributed by atoms with Crippen molar-refractivity contribution in [2.45, 2.75) is 51.3 Å². The summed E-state index contributed by atoms with van der Waals surface area (Å²) in [4.78, 5) is 28.5. The van der Waals surface area contributed by atoms with Gasteiger partial charge >= 0.3 is 6.03 Å². The first-order chi connectivity index (χ1) is 12.5. The number of para-hydroxylation sites is 1. The van der Waals surface area contributed by atoms with Crippen molar-refractivity contribution in [3.63, 3.8) is 0 Å². The molecule has 1 aromatic carbocycles. The Morgan fingerprint density at radius 1 is 1.27 bits per heavy atom. The maximum atomic E-state index is 13.3. The minimum absolute atomic E-state index is 0.0253. The van der Waals surface area contributed by atoms with Crippen LogP contribution in [0.15, 0.2) is 35.7 Å². The third-order valence-corrected chi connectivity index (χ3v) is 5.98. The number of ether oxygens (including phenoxy) is 1. The molecule has 0 bridgehead atoms. The van der Waals surface area contributed by atoms with Crippen molar-refractivity contribution >= 4 is 23.3 Å². The number of rotatable bonds is 4. The van der Waals surface area contributed by atoms with Gasteiger partial charge in [0, 0.05) is 16.0 Å². The maximum absolute atomic E-state index is 13.3. The van der Waals surface area contributed by atoms with Crippen molar-refractivity contribution in [2.24, 2.45) is 0 Å². The number of nitrogens with zero attached hydrogens (tertiary/aromatic N) is 1. The van der Waals surface area contributed by atoms with E-state index >= 15 is 0 Å². The zero-order valence-corrected chi connectivity index (χ0v) is 15.8. The van der Waals surface area contributed by atoms with E-state index in [0.717, 1.165) is 24.0 Å². The summed E-state index contributed by atoms with van der Waals surface area (Å²) in [5, 5.41) is 5.00. The highest BCUT2D eigenvalue weighted by Crippen LogP contribution is 2.42. The number of amides is 3. The molecule has 1 N–H and O–H groups in total. The molecule has 4 rings (SSSR count). The lowest BCUT2D eigenvalue weighted by atomic mass is 9.80. The predicted octanol–water partition coefficient (Wildman–Crippen LogP) is 3.82. The van der Waals surface area contributed by atoms with E-state index in [9.17, 15) is 9.59 Å². The van der Waals surface area contributed by atoms with Gasteiger partial charge in [0.25, 0.3) is 5.91 Å². The smallest absolute Gasteiger partial charge is 0.325 e. The van der Waals surface area contributed by atoms with Gasteiger partial charge in [0.1, 0.15) is 11.3 Å². The topological polar surface area (TPSA) is 58.6 Å². The number of fused-ring (bicyclic) bond motifs is 2. The molecule has 3 amide bonds. The van der Waals surface area contributed by atoms with Crippen LogP contribution in [-0.2, 0) is 23.3 Å². The van der Waals surface area contributed by atoms with Gasteiger partial charge in [0.2, 0.25) is 0 Å². The van der Waals surface area contributed by atoms with Gasteiger partial charge in [-0.1, -0.05) is 18.2 Å². The molecule has 1 atom stereocenters. The van der Waals surface area contributed by atoms with Crippen LogP contribution in [0.1, 0.15) is 42.7 Å². The highest BCUT2D eigenvalue weighted by atomic mass is 32.1. The van der Waals surface area contributed by atoms with Crippen LogP contribution >= 0.6 is 11.3 Å². The van der Waals surface area contributed by atoms with Crippen LogP contribution in [0.5, 0.6) is 5.75 Å². The van der Waals surface area contributed by atoms with Crippen molar-refractivity contribution in [3.8, 4) is 5.75 Å². The summed E-state index contributed by atoms with van der Waals surface area (Å²) in [6, 6.07) is 9.23. The fourth-order valence-electron chi connectivity index (χ4n) is 3.86. The summed E-state index contributed by atoms with van der Waals surface area (Å²) in [7, 11) is 0. The molecule has 0 radical (unpaired) electrons. The Bertz CT molecular complexity index is 860. The fourth-order valence-corrected chi connectivity index (χ4v) is 4.86. The Kier molecular flexibility index (Phi) is 4.23. The lowest BCUT2D eigenvalue weighted by Gasteiger charge is -2.31. The van der Waals surface area contributed by atoms with Crippen LogP contribution < -0.4 is 10.1 Å². The molecule has 0 saturated carbocycles. The van der Waals surface area contributed by atoms with Gasteiger partial charge in [0.15, 0.2) is 0 Å². The first kappa shape index (κ1) is 17.1. The summed E-state index contributed by atoms with van der Waals surface area (Å²) in [6.07, 6.45) is 2.56. The van der Waals surface area contributed by atoms with Gasteiger partial charge in [-0.15, -0.1) is 11.3 Å². The van der Waals surface area contributed by atoms with Crippen LogP contribution in [0.3, 0.4) is 0 Å². The van der Waals surface area contributed by atoms with Crippen LogP contribution in [0.2, 0.25) is 0 Å². The minimum Gasteiger partial charge on any atom is -0.491 e. The molecule has 1 aliphatic heterocycles. The van der Waals surface area contributed by atoms with E-state index in [2.05, 4.69) is 5.32 Å². The molecule has 2 heterocycles. The molecule has 136 valence electrons. The maximum Gasteiger partial charge on any atom is 0.325 e. The molecule has 5 nitrogen and oxygen atoms in total. The Balaban J connectivity index is 1.65. The van der Waals surface area contributed by atoms with E-state index in [1.54, 1.807) is 11.3 Å². The summed E-state index contributed by atoms with van der Waals surface area (Å²) in [6.45, 7) is 4.13. The van der Waals surface area contributed by atoms with Crippen LogP contribution in [0, 0.1) is 0 Å². The van der Waals surface area contributed by atoms with Crippen molar-refractivity contribution < 1.29 is 14.3 Å². The number of imide groups is 1. The Hall–Kier alpha value is -2.34. The van der Waals surface area contributed by atoms with E-state index < -0.39 is 5.54 Å². The zero-order chi connectivity index (χ0) is 18.3. The predicted molar refractivity (Wildman–Crippen MR) is 100 cm³/mol. The quantitative estimate of drug-likeness (QED) is 0.833. The first-order valence-electron chi connectivity index (χ1n) is 8.97. The number of thiophene rings is 1. The molecule has 1 aromatic heterocycles. The normalized spacial score (nSPS) is 22.0. The molecule has 6 heteroatoms. The molecule has 26 heavy (non-hydrogen) atoms. The molecule has 2 aromatic rings. The Morgan fingerprint density at radius 3 is 2.88 bits per heavy atom. The summed E-state index contributed by atoms with van der Waals surface area (Å²) in [5.74, 6) is 0.560. The van der Waals surface area contributed by atoms with E-state index in [1.165, 1.54) is 9.78 Å². The molecule has 1 aliphatic carbocycles. The standard InChI is InChI=1S/C20H22N2O3S/c1-13(2)25-16-7-4-3-6-14(16)12-22-18(23)20(21-19(22)24)10-5-8-17-15(20)9-11-26-17/h3-4,6-7,9,11,13H,5,8,10,12H2,1-2H3,(H,21,24)/t20-/m0/s1. The molecule has 1 fully saturated rings. The van der Waals surface area contributed by atoms with E-state index in [4.69, 9.17) is 4.74 Å².